The van der Waals surface area contributed by atoms with Gasteiger partial charge in [-0.05, 0) is 42.2 Å². The quantitative estimate of drug-likeness (QED) is 0.388. The molecule has 0 radical (unpaired) electrons. The lowest BCUT2D eigenvalue weighted by atomic mass is 10.1. The molecule has 0 atom stereocenters. The largest absolute Gasteiger partial charge is 0.460 e. The van der Waals surface area contributed by atoms with E-state index in [2.05, 4.69) is 3.63 Å². The molecule has 2 aromatic carbocycles. The number of rotatable bonds is 6. The van der Waals surface area contributed by atoms with Crippen molar-refractivity contribution in [3.05, 3.63) is 42.0 Å². The molecule has 3 nitrogen and oxygen atoms in total. The van der Waals surface area contributed by atoms with Crippen LogP contribution in [-0.2, 0) is 13.7 Å². The van der Waals surface area contributed by atoms with Crippen molar-refractivity contribution in [2.75, 3.05) is 11.5 Å². The predicted molar refractivity (Wildman–Crippen MR) is 104 cm³/mol. The summed E-state index contributed by atoms with van der Waals surface area (Å²) in [4.78, 5) is 0.103. The molecule has 0 aliphatic carbocycles. The number of aryl methyl sites for hydroxylation is 1. The summed E-state index contributed by atoms with van der Waals surface area (Å²) in [5.41, 5.74) is 0.714. The number of halogens is 9. The van der Waals surface area contributed by atoms with Crippen LogP contribution >= 0.6 is 10.3 Å². The van der Waals surface area contributed by atoms with Gasteiger partial charge in [-0.25, -0.2) is 3.63 Å². The fourth-order valence-electron chi connectivity index (χ4n) is 3.58. The third-order valence-corrected chi connectivity index (χ3v) is 11.0. The van der Waals surface area contributed by atoms with Crippen LogP contribution in [0.5, 0.6) is 0 Å². The van der Waals surface area contributed by atoms with E-state index in [-0.39, 0.29) is 29.2 Å². The molecule has 0 bridgehead atoms. The van der Waals surface area contributed by atoms with E-state index in [0.29, 0.717) is 16.3 Å². The molecule has 1 aliphatic heterocycles. The van der Waals surface area contributed by atoms with Crippen LogP contribution < -0.4 is 0 Å². The van der Waals surface area contributed by atoms with E-state index in [1.165, 1.54) is 18.2 Å². The topological polar surface area (TPSA) is 43.4 Å². The van der Waals surface area contributed by atoms with Crippen molar-refractivity contribution in [3.8, 4) is 0 Å². The van der Waals surface area contributed by atoms with Crippen molar-refractivity contribution >= 4 is 31.2 Å². The Bertz CT molecular complexity index is 1150. The Labute approximate surface area is 184 Å². The fraction of sp³-hybridized carbons (Fsp3) is 0.474. The monoisotopic (exact) mass is 528 g/mol. The fourth-order valence-corrected chi connectivity index (χ4v) is 9.45. The van der Waals surface area contributed by atoms with Gasteiger partial charge in [-0.15, -0.1) is 0 Å². The molecule has 0 saturated carbocycles. The third kappa shape index (κ3) is 3.87. The van der Waals surface area contributed by atoms with Gasteiger partial charge in [-0.1, -0.05) is 40.6 Å². The Kier molecular flexibility index (Phi) is 6.24. The average molecular weight is 528 g/mol. The summed E-state index contributed by atoms with van der Waals surface area (Å²) in [5, 5.41) is -5.92. The maximum Gasteiger partial charge on any atom is 0.460 e. The number of fused-ring (bicyclic) bond motifs is 1. The number of alkyl halides is 9. The lowest BCUT2D eigenvalue weighted by molar-refractivity contribution is -0.382. The Morgan fingerprint density at radius 2 is 1.30 bits per heavy atom. The molecule has 0 amide bonds. The lowest BCUT2D eigenvalue weighted by Gasteiger charge is -2.38. The van der Waals surface area contributed by atoms with Gasteiger partial charge >= 0.3 is 33.4 Å². The first kappa shape index (κ1) is 25.9. The van der Waals surface area contributed by atoms with Crippen LogP contribution in [0.4, 0.5) is 39.5 Å². The molecule has 14 heteroatoms. The Hall–Kier alpha value is -1.67. The summed E-state index contributed by atoms with van der Waals surface area (Å²) in [7, 11) is -10.2. The summed E-state index contributed by atoms with van der Waals surface area (Å²) < 4.78 is 149. The SMILES string of the molecule is Cc1ccc(S2(OS(=O)(=O)C(F)(F)C(F)(F)C(F)(F)C(F)(F)F)CCCC2)c2ccccc12. The second-order valence-electron chi connectivity index (χ2n) is 7.54. The number of hydrogen-bond donors (Lipinski definition) is 0. The smallest absolute Gasteiger partial charge is 0.211 e. The molecule has 0 spiro atoms. The molecule has 0 N–H and O–H groups in total. The zero-order chi connectivity index (χ0) is 25.1. The molecule has 0 aromatic heterocycles. The van der Waals surface area contributed by atoms with Gasteiger partial charge in [0.25, 0.3) is 0 Å². The molecule has 186 valence electrons. The van der Waals surface area contributed by atoms with Gasteiger partial charge in [0.05, 0.1) is 0 Å². The number of hydrogen-bond acceptors (Lipinski definition) is 3. The van der Waals surface area contributed by atoms with Crippen LogP contribution in [0.15, 0.2) is 41.3 Å². The molecule has 33 heavy (non-hydrogen) atoms. The highest BCUT2D eigenvalue weighted by Gasteiger charge is 2.86. The molecular formula is C19H17F9O3S2. The zero-order valence-electron chi connectivity index (χ0n) is 16.7. The zero-order valence-corrected chi connectivity index (χ0v) is 18.4. The maximum atomic E-state index is 14.3. The van der Waals surface area contributed by atoms with Crippen LogP contribution in [-0.4, -0.2) is 43.2 Å². The van der Waals surface area contributed by atoms with Gasteiger partial charge in [-0.3, -0.25) is 0 Å². The van der Waals surface area contributed by atoms with Crippen LogP contribution in [0, 0.1) is 6.92 Å². The van der Waals surface area contributed by atoms with Crippen LogP contribution in [0.2, 0.25) is 0 Å². The van der Waals surface area contributed by atoms with Crippen LogP contribution in [0.1, 0.15) is 18.4 Å². The van der Waals surface area contributed by atoms with Crippen molar-refractivity contribution in [1.29, 1.82) is 0 Å². The normalized spacial score (nSPS) is 19.1. The van der Waals surface area contributed by atoms with Crippen molar-refractivity contribution in [2.45, 2.75) is 47.9 Å². The molecule has 0 unspecified atom stereocenters. The first-order chi connectivity index (χ1) is 14.9. The highest BCUT2D eigenvalue weighted by atomic mass is 32.3. The van der Waals surface area contributed by atoms with E-state index in [1.54, 1.807) is 25.1 Å². The van der Waals surface area contributed by atoms with E-state index in [9.17, 15) is 47.9 Å². The summed E-state index contributed by atoms with van der Waals surface area (Å²) in [6.45, 7) is 1.70. The summed E-state index contributed by atoms with van der Waals surface area (Å²) in [6.07, 6.45) is -6.65. The Morgan fingerprint density at radius 3 is 1.82 bits per heavy atom. The predicted octanol–water partition coefficient (Wildman–Crippen LogP) is 6.79. The minimum atomic E-state index is -7.34. The maximum absolute atomic E-state index is 14.3. The summed E-state index contributed by atoms with van der Waals surface area (Å²) in [5.74, 6) is -15.0. The molecule has 1 heterocycles. The van der Waals surface area contributed by atoms with Crippen molar-refractivity contribution in [3.63, 3.8) is 0 Å². The lowest BCUT2D eigenvalue weighted by Crippen LogP contribution is -2.63. The standard InChI is InChI=1S/C19H17F9O3S2/c1-12-8-9-15(14-7-3-2-6-13(12)14)32(10-4-5-11-32)31-33(29,30)19(27,28)17(22,23)16(20,21)18(24,25)26/h2-3,6-9H,4-5,10-11H2,1H3. The van der Waals surface area contributed by atoms with E-state index < -0.39 is 43.7 Å². The second kappa shape index (κ2) is 7.94. The van der Waals surface area contributed by atoms with Crippen molar-refractivity contribution in [1.82, 2.24) is 0 Å². The molecule has 1 fully saturated rings. The van der Waals surface area contributed by atoms with Gasteiger partial charge in [0.15, 0.2) is 0 Å². The van der Waals surface area contributed by atoms with Crippen molar-refractivity contribution < 1.29 is 51.6 Å². The van der Waals surface area contributed by atoms with Crippen LogP contribution in [0.25, 0.3) is 10.8 Å². The molecular weight excluding hydrogens is 511 g/mol. The highest BCUT2D eigenvalue weighted by molar-refractivity contribution is 8.33. The van der Waals surface area contributed by atoms with E-state index >= 15 is 0 Å². The first-order valence-electron chi connectivity index (χ1n) is 9.34. The molecule has 1 saturated heterocycles. The average Bonchev–Trinajstić information content (AvgIpc) is 3.15. The van der Waals surface area contributed by atoms with E-state index in [4.69, 9.17) is 0 Å². The van der Waals surface area contributed by atoms with Gasteiger partial charge < -0.3 is 0 Å². The minimum Gasteiger partial charge on any atom is -0.211 e. The summed E-state index contributed by atoms with van der Waals surface area (Å²) in [6, 6.07) is 9.23. The molecule has 1 aliphatic rings. The second-order valence-corrected chi connectivity index (χ2v) is 12.4. The van der Waals surface area contributed by atoms with Crippen molar-refractivity contribution in [2.24, 2.45) is 0 Å². The Morgan fingerprint density at radius 1 is 0.788 bits per heavy atom. The number of benzene rings is 2. The minimum absolute atomic E-state index is 0.103. The van der Waals surface area contributed by atoms with Gasteiger partial charge in [0.2, 0.25) is 0 Å². The van der Waals surface area contributed by atoms with Gasteiger partial charge in [-0.2, -0.15) is 47.9 Å². The first-order valence-corrected chi connectivity index (χ1v) is 12.6. The third-order valence-electron chi connectivity index (χ3n) is 5.35. The molecule has 3 rings (SSSR count). The Balaban J connectivity index is 2.14. The summed E-state index contributed by atoms with van der Waals surface area (Å²) >= 11 is 0. The highest BCUT2D eigenvalue weighted by Crippen LogP contribution is 2.66. The van der Waals surface area contributed by atoms with Gasteiger partial charge in [0.1, 0.15) is 0 Å². The van der Waals surface area contributed by atoms with Crippen LogP contribution in [0.3, 0.4) is 0 Å². The molecule has 2 aromatic rings. The van der Waals surface area contributed by atoms with E-state index in [1.807, 2.05) is 0 Å². The van der Waals surface area contributed by atoms with E-state index in [0.717, 1.165) is 0 Å². The van der Waals surface area contributed by atoms with Gasteiger partial charge in [0, 0.05) is 16.4 Å².